The van der Waals surface area contributed by atoms with Gasteiger partial charge in [-0.05, 0) is 31.5 Å². The zero-order valence-corrected chi connectivity index (χ0v) is 12.4. The highest BCUT2D eigenvalue weighted by atomic mass is 79.9. The predicted molar refractivity (Wildman–Crippen MR) is 66.2 cm³/mol. The van der Waals surface area contributed by atoms with Crippen molar-refractivity contribution in [2.45, 2.75) is 58.4 Å². The second-order valence-electron chi connectivity index (χ2n) is 5.17. The van der Waals surface area contributed by atoms with Crippen LogP contribution in [0.4, 0.5) is 0 Å². The highest BCUT2D eigenvalue weighted by Crippen LogP contribution is 2.37. The second kappa shape index (κ2) is 4.94. The van der Waals surface area contributed by atoms with Crippen LogP contribution in [0, 0.1) is 0 Å². The van der Waals surface area contributed by atoms with Crippen LogP contribution in [-0.2, 0) is 4.43 Å². The van der Waals surface area contributed by atoms with Gasteiger partial charge >= 0.3 is 0 Å². The van der Waals surface area contributed by atoms with Gasteiger partial charge in [0.2, 0.25) is 0 Å². The summed E-state index contributed by atoms with van der Waals surface area (Å²) < 4.78 is 6.15. The first-order valence-corrected chi connectivity index (χ1v) is 8.97. The van der Waals surface area contributed by atoms with Crippen LogP contribution in [0.2, 0.25) is 18.1 Å². The Morgan fingerprint density at radius 3 is 2.08 bits per heavy atom. The largest absolute Gasteiger partial charge is 0.414 e. The highest BCUT2D eigenvalue weighted by Gasteiger charge is 2.38. The van der Waals surface area contributed by atoms with E-state index in [4.69, 9.17) is 4.43 Å². The molecule has 0 heterocycles. The van der Waals surface area contributed by atoms with E-state index in [9.17, 15) is 0 Å². The third-order valence-electron chi connectivity index (χ3n) is 2.82. The van der Waals surface area contributed by atoms with E-state index in [1.807, 2.05) is 0 Å². The first kappa shape index (κ1) is 13.7. The van der Waals surface area contributed by atoms with E-state index < -0.39 is 8.32 Å². The molecule has 0 aliphatic rings. The van der Waals surface area contributed by atoms with Crippen molar-refractivity contribution in [3.63, 3.8) is 0 Å². The zero-order valence-electron chi connectivity index (χ0n) is 9.78. The van der Waals surface area contributed by atoms with E-state index in [1.165, 1.54) is 0 Å². The van der Waals surface area contributed by atoms with Gasteiger partial charge in [-0.1, -0.05) is 36.7 Å². The van der Waals surface area contributed by atoms with Crippen LogP contribution >= 0.6 is 15.9 Å². The molecule has 1 unspecified atom stereocenters. The number of halogens is 1. The van der Waals surface area contributed by atoms with Crippen LogP contribution in [0.25, 0.3) is 0 Å². The van der Waals surface area contributed by atoms with Crippen molar-refractivity contribution in [3.8, 4) is 0 Å². The Morgan fingerprint density at radius 1 is 1.31 bits per heavy atom. The Morgan fingerprint density at radius 2 is 1.77 bits per heavy atom. The number of rotatable bonds is 4. The van der Waals surface area contributed by atoms with Crippen LogP contribution in [0.15, 0.2) is 0 Å². The standard InChI is InChI=1S/C10H23BrOSi/c1-9(7-8-11)12-13(5,6)10(2,3)4/h9H,7-8H2,1-6H3. The van der Waals surface area contributed by atoms with Crippen LogP contribution in [0.5, 0.6) is 0 Å². The summed E-state index contributed by atoms with van der Waals surface area (Å²) in [4.78, 5) is 0. The minimum atomic E-state index is -1.53. The molecule has 1 nitrogen and oxygen atoms in total. The molecule has 0 aromatic rings. The van der Waals surface area contributed by atoms with Crippen molar-refractivity contribution in [2.24, 2.45) is 0 Å². The minimum absolute atomic E-state index is 0.327. The molecule has 0 rings (SSSR count). The number of hydrogen-bond acceptors (Lipinski definition) is 1. The molecule has 80 valence electrons. The molecule has 0 aromatic heterocycles. The van der Waals surface area contributed by atoms with Crippen LogP contribution in [0.1, 0.15) is 34.1 Å². The van der Waals surface area contributed by atoms with Gasteiger partial charge in [-0.3, -0.25) is 0 Å². The molecule has 0 saturated heterocycles. The summed E-state index contributed by atoms with van der Waals surface area (Å²) in [6, 6.07) is 0. The molecule has 0 aromatic carbocycles. The van der Waals surface area contributed by atoms with E-state index in [1.54, 1.807) is 0 Å². The molecule has 0 radical (unpaired) electrons. The van der Waals surface area contributed by atoms with Crippen LogP contribution in [-0.4, -0.2) is 19.8 Å². The molecule has 3 heteroatoms. The Kier molecular flexibility index (Phi) is 5.19. The minimum Gasteiger partial charge on any atom is -0.414 e. The van der Waals surface area contributed by atoms with Crippen LogP contribution in [0.3, 0.4) is 0 Å². The summed E-state index contributed by atoms with van der Waals surface area (Å²) in [6.45, 7) is 13.6. The van der Waals surface area contributed by atoms with Gasteiger partial charge in [0.15, 0.2) is 8.32 Å². The molecule has 0 N–H and O–H groups in total. The predicted octanol–water partition coefficient (Wildman–Crippen LogP) is 4.18. The fraction of sp³-hybridized carbons (Fsp3) is 1.00. The lowest BCUT2D eigenvalue weighted by atomic mass is 10.2. The molecule has 0 bridgehead atoms. The Bertz CT molecular complexity index is 151. The van der Waals surface area contributed by atoms with E-state index in [2.05, 4.69) is 56.7 Å². The molecule has 0 saturated carbocycles. The molecule has 0 aliphatic carbocycles. The lowest BCUT2D eigenvalue weighted by molar-refractivity contribution is 0.196. The fourth-order valence-corrected chi connectivity index (χ4v) is 3.01. The molecular formula is C10H23BrOSi. The Hall–Kier alpha value is 0.657. The van der Waals surface area contributed by atoms with E-state index in [0.717, 1.165) is 11.8 Å². The van der Waals surface area contributed by atoms with Crippen molar-refractivity contribution in [2.75, 3.05) is 5.33 Å². The Balaban J connectivity index is 4.17. The average molecular weight is 267 g/mol. The first-order valence-electron chi connectivity index (χ1n) is 4.94. The van der Waals surface area contributed by atoms with Gasteiger partial charge in [-0.2, -0.15) is 0 Å². The van der Waals surface area contributed by atoms with Crippen molar-refractivity contribution >= 4 is 24.2 Å². The van der Waals surface area contributed by atoms with Gasteiger partial charge in [0, 0.05) is 11.4 Å². The molecule has 0 aliphatic heterocycles. The summed E-state index contributed by atoms with van der Waals surface area (Å²) in [5, 5.41) is 1.36. The molecule has 0 spiro atoms. The average Bonchev–Trinajstić information content (AvgIpc) is 1.83. The number of hydrogen-bond donors (Lipinski definition) is 0. The highest BCUT2D eigenvalue weighted by molar-refractivity contribution is 9.09. The normalized spacial score (nSPS) is 15.9. The topological polar surface area (TPSA) is 9.23 Å². The molecule has 13 heavy (non-hydrogen) atoms. The van der Waals surface area contributed by atoms with Gasteiger partial charge in [0.05, 0.1) is 0 Å². The van der Waals surface area contributed by atoms with E-state index >= 15 is 0 Å². The third kappa shape index (κ3) is 4.61. The van der Waals surface area contributed by atoms with E-state index in [0.29, 0.717) is 11.1 Å². The maximum atomic E-state index is 6.15. The zero-order chi connectivity index (χ0) is 10.7. The molecule has 1 atom stereocenters. The summed E-state index contributed by atoms with van der Waals surface area (Å²) >= 11 is 3.44. The lowest BCUT2D eigenvalue weighted by Crippen LogP contribution is -2.43. The summed E-state index contributed by atoms with van der Waals surface area (Å²) in [7, 11) is -1.53. The lowest BCUT2D eigenvalue weighted by Gasteiger charge is -2.38. The summed E-state index contributed by atoms with van der Waals surface area (Å²) in [5.41, 5.74) is 0. The van der Waals surface area contributed by atoms with Crippen LogP contribution < -0.4 is 0 Å². The monoisotopic (exact) mass is 266 g/mol. The van der Waals surface area contributed by atoms with Gasteiger partial charge in [-0.25, -0.2) is 0 Å². The van der Waals surface area contributed by atoms with Crippen molar-refractivity contribution in [3.05, 3.63) is 0 Å². The van der Waals surface area contributed by atoms with Gasteiger partial charge in [-0.15, -0.1) is 0 Å². The van der Waals surface area contributed by atoms with Crippen molar-refractivity contribution < 1.29 is 4.43 Å². The maximum absolute atomic E-state index is 6.15. The molecule has 0 fully saturated rings. The first-order chi connectivity index (χ1) is 5.70. The fourth-order valence-electron chi connectivity index (χ4n) is 0.892. The molecular weight excluding hydrogens is 244 g/mol. The third-order valence-corrected chi connectivity index (χ3v) is 7.88. The smallest absolute Gasteiger partial charge is 0.192 e. The van der Waals surface area contributed by atoms with Gasteiger partial charge < -0.3 is 4.43 Å². The van der Waals surface area contributed by atoms with Crippen molar-refractivity contribution in [1.82, 2.24) is 0 Å². The Labute approximate surface area is 92.5 Å². The maximum Gasteiger partial charge on any atom is 0.192 e. The quantitative estimate of drug-likeness (QED) is 0.548. The SMILES string of the molecule is CC(CCBr)O[Si](C)(C)C(C)(C)C. The molecule has 0 amide bonds. The summed E-state index contributed by atoms with van der Waals surface area (Å²) in [5.74, 6) is 0. The van der Waals surface area contributed by atoms with Crippen molar-refractivity contribution in [1.29, 1.82) is 0 Å². The van der Waals surface area contributed by atoms with Gasteiger partial charge in [0.1, 0.15) is 0 Å². The second-order valence-corrected chi connectivity index (χ2v) is 10.7. The number of alkyl halides is 1. The van der Waals surface area contributed by atoms with E-state index in [-0.39, 0.29) is 0 Å². The van der Waals surface area contributed by atoms with Gasteiger partial charge in [0.25, 0.3) is 0 Å². The summed E-state index contributed by atoms with van der Waals surface area (Å²) in [6.07, 6.45) is 1.49.